The van der Waals surface area contributed by atoms with Crippen LogP contribution >= 0.6 is 0 Å². The largest absolute Gasteiger partial charge is 0.378 e. The van der Waals surface area contributed by atoms with Gasteiger partial charge in [-0.25, -0.2) is 14.4 Å². The fourth-order valence-corrected chi connectivity index (χ4v) is 6.71. The number of fused-ring (bicyclic) bond motifs is 3. The van der Waals surface area contributed by atoms with Crippen LogP contribution in [0.25, 0.3) is 11.3 Å². The SMILES string of the molecule is C[C@@H]1[C@H]2CCc3c(-c4ccccc4F)nc(N4CCOCC4)nc3[C@]2(C)CCC12OCCO2. The quantitative estimate of drug-likeness (QED) is 0.682. The molecule has 3 atom stereocenters. The van der Waals surface area contributed by atoms with Crippen molar-refractivity contribution < 1.29 is 18.6 Å². The molecule has 0 bridgehead atoms. The molecule has 2 aliphatic carbocycles. The predicted octanol–water partition coefficient (Wildman–Crippen LogP) is 4.11. The lowest BCUT2D eigenvalue weighted by atomic mass is 9.54. The molecule has 0 amide bonds. The summed E-state index contributed by atoms with van der Waals surface area (Å²) in [4.78, 5) is 12.4. The zero-order valence-corrected chi connectivity index (χ0v) is 19.5. The van der Waals surface area contributed by atoms with Crippen LogP contribution in [0.5, 0.6) is 0 Å². The second-order valence-electron chi connectivity index (χ2n) is 10.1. The van der Waals surface area contributed by atoms with E-state index in [2.05, 4.69) is 18.7 Å². The van der Waals surface area contributed by atoms with Crippen molar-refractivity contribution in [3.63, 3.8) is 0 Å². The van der Waals surface area contributed by atoms with E-state index < -0.39 is 5.79 Å². The summed E-state index contributed by atoms with van der Waals surface area (Å²) in [5.41, 5.74) is 3.38. The Morgan fingerprint density at radius 3 is 2.55 bits per heavy atom. The van der Waals surface area contributed by atoms with E-state index in [1.165, 1.54) is 6.07 Å². The summed E-state index contributed by atoms with van der Waals surface area (Å²) in [5, 5.41) is 0. The van der Waals surface area contributed by atoms with Crippen molar-refractivity contribution in [2.75, 3.05) is 44.4 Å². The highest BCUT2D eigenvalue weighted by atomic mass is 19.1. The molecule has 33 heavy (non-hydrogen) atoms. The van der Waals surface area contributed by atoms with Crippen LogP contribution in [0.1, 0.15) is 44.4 Å². The highest BCUT2D eigenvalue weighted by Crippen LogP contribution is 2.57. The molecule has 0 N–H and O–H groups in total. The van der Waals surface area contributed by atoms with Crippen LogP contribution in [0.4, 0.5) is 10.3 Å². The first-order chi connectivity index (χ1) is 16.0. The van der Waals surface area contributed by atoms with Gasteiger partial charge in [-0.3, -0.25) is 0 Å². The van der Waals surface area contributed by atoms with Crippen molar-refractivity contribution >= 4 is 5.95 Å². The Morgan fingerprint density at radius 2 is 1.79 bits per heavy atom. The van der Waals surface area contributed by atoms with E-state index in [9.17, 15) is 4.39 Å². The van der Waals surface area contributed by atoms with Crippen LogP contribution in [0.3, 0.4) is 0 Å². The lowest BCUT2D eigenvalue weighted by Gasteiger charge is -2.54. The molecule has 4 aliphatic rings. The summed E-state index contributed by atoms with van der Waals surface area (Å²) in [6.07, 6.45) is 3.63. The van der Waals surface area contributed by atoms with Gasteiger partial charge in [0.2, 0.25) is 5.95 Å². The Kier molecular flexibility index (Phi) is 5.20. The summed E-state index contributed by atoms with van der Waals surface area (Å²) in [5.74, 6) is 0.653. The van der Waals surface area contributed by atoms with Gasteiger partial charge in [0, 0.05) is 42.0 Å². The van der Waals surface area contributed by atoms with E-state index in [1.807, 2.05) is 12.1 Å². The number of benzene rings is 1. The maximum absolute atomic E-state index is 15.0. The van der Waals surface area contributed by atoms with Gasteiger partial charge >= 0.3 is 0 Å². The summed E-state index contributed by atoms with van der Waals surface area (Å²) in [7, 11) is 0. The lowest BCUT2D eigenvalue weighted by molar-refractivity contribution is -0.234. The number of nitrogens with zero attached hydrogens (tertiary/aromatic N) is 3. The maximum Gasteiger partial charge on any atom is 0.226 e. The van der Waals surface area contributed by atoms with Gasteiger partial charge in [0.15, 0.2) is 5.79 Å². The number of halogens is 1. The standard InChI is InChI=1S/C26H32FN3O3/c1-17-20-8-7-19-22(18-5-3-4-6-21(18)27)28-24(30-11-13-31-14-12-30)29-23(19)25(20,2)9-10-26(17)32-15-16-33-26/h3-6,17,20H,7-16H2,1-2H3/t17-,20-,25-/m1/s1. The van der Waals surface area contributed by atoms with E-state index in [1.54, 1.807) is 6.07 Å². The number of rotatable bonds is 2. The number of hydrogen-bond acceptors (Lipinski definition) is 6. The Morgan fingerprint density at radius 1 is 1.03 bits per heavy atom. The highest BCUT2D eigenvalue weighted by molar-refractivity contribution is 5.67. The Bertz CT molecular complexity index is 1050. The van der Waals surface area contributed by atoms with Crippen LogP contribution in [0.15, 0.2) is 24.3 Å². The fourth-order valence-electron chi connectivity index (χ4n) is 6.71. The predicted molar refractivity (Wildman–Crippen MR) is 123 cm³/mol. The molecule has 3 heterocycles. The van der Waals surface area contributed by atoms with Gasteiger partial charge in [-0.05, 0) is 37.3 Å². The molecule has 1 saturated carbocycles. The minimum atomic E-state index is -0.462. The van der Waals surface area contributed by atoms with Crippen molar-refractivity contribution in [1.82, 2.24) is 9.97 Å². The van der Waals surface area contributed by atoms with Crippen molar-refractivity contribution in [2.45, 2.75) is 50.7 Å². The Balaban J connectivity index is 1.49. The highest BCUT2D eigenvalue weighted by Gasteiger charge is 2.58. The number of ether oxygens (including phenoxy) is 3. The van der Waals surface area contributed by atoms with Gasteiger partial charge in [0.05, 0.1) is 37.8 Å². The minimum absolute atomic E-state index is 0.127. The molecule has 0 unspecified atom stereocenters. The van der Waals surface area contributed by atoms with E-state index in [4.69, 9.17) is 24.2 Å². The van der Waals surface area contributed by atoms with Crippen LogP contribution in [-0.4, -0.2) is 55.3 Å². The third-order valence-corrected chi connectivity index (χ3v) is 8.55. The lowest BCUT2D eigenvalue weighted by Crippen LogP contribution is -2.55. The van der Waals surface area contributed by atoms with E-state index in [-0.39, 0.29) is 17.2 Å². The van der Waals surface area contributed by atoms with Gasteiger partial charge in [-0.1, -0.05) is 26.0 Å². The van der Waals surface area contributed by atoms with Crippen molar-refractivity contribution in [3.8, 4) is 11.3 Å². The molecule has 2 aliphatic heterocycles. The number of aromatic nitrogens is 2. The van der Waals surface area contributed by atoms with Crippen molar-refractivity contribution in [2.24, 2.45) is 11.8 Å². The monoisotopic (exact) mass is 453 g/mol. The summed E-state index contributed by atoms with van der Waals surface area (Å²) in [6.45, 7) is 8.77. The maximum atomic E-state index is 15.0. The van der Waals surface area contributed by atoms with Crippen LogP contribution in [0.2, 0.25) is 0 Å². The molecule has 6 rings (SSSR count). The molecule has 3 fully saturated rings. The molecule has 2 aromatic rings. The molecule has 1 aromatic carbocycles. The molecule has 1 aromatic heterocycles. The smallest absolute Gasteiger partial charge is 0.226 e. The first-order valence-electron chi connectivity index (χ1n) is 12.3. The summed E-state index contributed by atoms with van der Waals surface area (Å²) < 4.78 is 32.9. The van der Waals surface area contributed by atoms with Gasteiger partial charge in [-0.15, -0.1) is 0 Å². The molecule has 7 heteroatoms. The van der Waals surface area contributed by atoms with Crippen LogP contribution in [0, 0.1) is 17.7 Å². The van der Waals surface area contributed by atoms with Crippen molar-refractivity contribution in [1.29, 1.82) is 0 Å². The molecule has 176 valence electrons. The Labute approximate surface area is 194 Å². The zero-order valence-electron chi connectivity index (χ0n) is 19.5. The van der Waals surface area contributed by atoms with Gasteiger partial charge < -0.3 is 19.1 Å². The molecule has 2 saturated heterocycles. The topological polar surface area (TPSA) is 56.7 Å². The minimum Gasteiger partial charge on any atom is -0.378 e. The van der Waals surface area contributed by atoms with E-state index in [0.717, 1.165) is 55.7 Å². The molecule has 6 nitrogen and oxygen atoms in total. The third kappa shape index (κ3) is 3.31. The Hall–Kier alpha value is -2.09. The average Bonchev–Trinajstić information content (AvgIpc) is 3.32. The zero-order chi connectivity index (χ0) is 22.6. The number of morpholine rings is 1. The summed E-state index contributed by atoms with van der Waals surface area (Å²) in [6, 6.07) is 6.98. The van der Waals surface area contributed by atoms with E-state index in [0.29, 0.717) is 43.9 Å². The van der Waals surface area contributed by atoms with Gasteiger partial charge in [0.25, 0.3) is 0 Å². The fraction of sp³-hybridized carbons (Fsp3) is 0.615. The molecular weight excluding hydrogens is 421 g/mol. The first kappa shape index (κ1) is 21.4. The van der Waals surface area contributed by atoms with Gasteiger partial charge in [-0.2, -0.15) is 0 Å². The molecule has 1 spiro atoms. The van der Waals surface area contributed by atoms with Crippen molar-refractivity contribution in [3.05, 3.63) is 41.3 Å². The second kappa shape index (κ2) is 8.00. The number of hydrogen-bond donors (Lipinski definition) is 0. The first-order valence-corrected chi connectivity index (χ1v) is 12.3. The number of anilines is 1. The van der Waals surface area contributed by atoms with E-state index >= 15 is 0 Å². The average molecular weight is 454 g/mol. The summed E-state index contributed by atoms with van der Waals surface area (Å²) >= 11 is 0. The third-order valence-electron chi connectivity index (χ3n) is 8.55. The molecule has 0 radical (unpaired) electrons. The van der Waals surface area contributed by atoms with Gasteiger partial charge in [0.1, 0.15) is 5.82 Å². The second-order valence-corrected chi connectivity index (χ2v) is 10.1. The van der Waals surface area contributed by atoms with Crippen LogP contribution in [-0.2, 0) is 26.0 Å². The normalized spacial score (nSPS) is 30.8. The molecular formula is C26H32FN3O3. The van der Waals surface area contributed by atoms with Crippen LogP contribution < -0.4 is 4.90 Å².